The summed E-state index contributed by atoms with van der Waals surface area (Å²) in [5.41, 5.74) is 0.455. The first-order valence-electron chi connectivity index (χ1n) is 7.41. The molecule has 1 fully saturated rings. The van der Waals surface area contributed by atoms with Gasteiger partial charge in [0.15, 0.2) is 0 Å². The van der Waals surface area contributed by atoms with Gasteiger partial charge in [-0.2, -0.15) is 15.0 Å². The van der Waals surface area contributed by atoms with Crippen LogP contribution in [0, 0.1) is 0 Å². The van der Waals surface area contributed by atoms with Gasteiger partial charge in [-0.05, 0) is 25.5 Å². The molecule has 0 aliphatic carbocycles. The Morgan fingerprint density at radius 2 is 2.17 bits per heavy atom. The number of benzene rings is 1. The number of nitrogens with one attached hydrogen (secondary N) is 1. The van der Waals surface area contributed by atoms with Gasteiger partial charge in [-0.3, -0.25) is 0 Å². The van der Waals surface area contributed by atoms with Crippen LogP contribution in [-0.2, 0) is 26.5 Å². The van der Waals surface area contributed by atoms with E-state index in [2.05, 4.69) is 14.9 Å². The van der Waals surface area contributed by atoms with Gasteiger partial charge in [0.2, 0.25) is 10.0 Å². The second kappa shape index (κ2) is 6.16. The molecule has 1 aromatic heterocycles. The Labute approximate surface area is 134 Å². The number of hydrogen-bond donors (Lipinski definition) is 1. The maximum absolute atomic E-state index is 12.5. The predicted octanol–water partition coefficient (Wildman–Crippen LogP) is 0.442. The van der Waals surface area contributed by atoms with E-state index in [0.717, 1.165) is 0 Å². The molecular weight excluding hydrogens is 320 g/mol. The minimum absolute atomic E-state index is 0.133. The maximum atomic E-state index is 12.5. The highest BCUT2D eigenvalue weighted by Gasteiger charge is 2.29. The fourth-order valence-electron chi connectivity index (χ4n) is 2.58. The van der Waals surface area contributed by atoms with Crippen LogP contribution in [0.4, 0.5) is 0 Å². The van der Waals surface area contributed by atoms with Crippen molar-refractivity contribution in [2.24, 2.45) is 7.05 Å². The minimum Gasteiger partial charge on any atom is -0.376 e. The van der Waals surface area contributed by atoms with Crippen molar-refractivity contribution in [2.75, 3.05) is 26.4 Å². The summed E-state index contributed by atoms with van der Waals surface area (Å²) in [7, 11) is -2.01. The quantitative estimate of drug-likeness (QED) is 0.849. The molecule has 1 aliphatic heterocycles. The molecule has 1 atom stereocenters. The van der Waals surface area contributed by atoms with Gasteiger partial charge in [0.05, 0.1) is 25.4 Å². The number of fused-ring (bicyclic) bond motifs is 1. The molecule has 1 aliphatic rings. The first-order valence-corrected chi connectivity index (χ1v) is 8.89. The van der Waals surface area contributed by atoms with Crippen molar-refractivity contribution in [1.29, 1.82) is 0 Å². The third-order valence-corrected chi connectivity index (χ3v) is 5.29. The van der Waals surface area contributed by atoms with E-state index in [-0.39, 0.29) is 11.4 Å². The van der Waals surface area contributed by atoms with Gasteiger partial charge in [0, 0.05) is 13.6 Å². The van der Waals surface area contributed by atoms with Crippen molar-refractivity contribution < 1.29 is 17.9 Å². The van der Waals surface area contributed by atoms with Crippen molar-refractivity contribution in [1.82, 2.24) is 19.7 Å². The predicted molar refractivity (Wildman–Crippen MR) is 83.5 cm³/mol. The number of aryl methyl sites for hydroxylation is 1. The van der Waals surface area contributed by atoms with Gasteiger partial charge < -0.3 is 9.47 Å². The van der Waals surface area contributed by atoms with Crippen LogP contribution in [0.1, 0.15) is 13.3 Å². The van der Waals surface area contributed by atoms with Gasteiger partial charge in [-0.25, -0.2) is 13.1 Å². The lowest BCUT2D eigenvalue weighted by molar-refractivity contribution is -0.149. The lowest BCUT2D eigenvalue weighted by Crippen LogP contribution is -2.43. The van der Waals surface area contributed by atoms with E-state index in [9.17, 15) is 8.42 Å². The van der Waals surface area contributed by atoms with E-state index in [1.807, 2.05) is 6.92 Å². The highest BCUT2D eigenvalue weighted by atomic mass is 32.2. The van der Waals surface area contributed by atoms with Crippen LogP contribution in [0.25, 0.3) is 11.0 Å². The highest BCUT2D eigenvalue weighted by Crippen LogP contribution is 2.21. The Morgan fingerprint density at radius 3 is 2.91 bits per heavy atom. The van der Waals surface area contributed by atoms with E-state index >= 15 is 0 Å². The zero-order valence-corrected chi connectivity index (χ0v) is 14.0. The van der Waals surface area contributed by atoms with Crippen molar-refractivity contribution in [2.45, 2.75) is 23.8 Å². The monoisotopic (exact) mass is 340 g/mol. The van der Waals surface area contributed by atoms with E-state index < -0.39 is 15.6 Å². The summed E-state index contributed by atoms with van der Waals surface area (Å²) in [5.74, 6) is 0. The molecule has 1 unspecified atom stereocenters. The second-order valence-electron chi connectivity index (χ2n) is 5.81. The molecule has 3 rings (SSSR count). The molecule has 0 bridgehead atoms. The van der Waals surface area contributed by atoms with Crippen molar-refractivity contribution >= 4 is 21.1 Å². The van der Waals surface area contributed by atoms with Crippen LogP contribution in [0.15, 0.2) is 23.1 Å². The number of hydrogen-bond acceptors (Lipinski definition) is 6. The highest BCUT2D eigenvalue weighted by molar-refractivity contribution is 7.89. The molecule has 8 nitrogen and oxygen atoms in total. The average Bonchev–Trinajstić information content (AvgIpc) is 2.87. The third-order valence-electron chi connectivity index (χ3n) is 3.80. The van der Waals surface area contributed by atoms with Crippen LogP contribution in [0.2, 0.25) is 0 Å². The van der Waals surface area contributed by atoms with E-state index in [4.69, 9.17) is 9.47 Å². The van der Waals surface area contributed by atoms with E-state index in [1.54, 1.807) is 19.2 Å². The van der Waals surface area contributed by atoms with Gasteiger partial charge in [0.1, 0.15) is 15.9 Å². The van der Waals surface area contributed by atoms with Crippen molar-refractivity contribution in [3.05, 3.63) is 18.2 Å². The SMILES string of the molecule is Cn1nc2cccc(S(=O)(=O)NCCC3(C)COCCO3)c2n1. The smallest absolute Gasteiger partial charge is 0.242 e. The molecule has 23 heavy (non-hydrogen) atoms. The van der Waals surface area contributed by atoms with Crippen molar-refractivity contribution in [3.63, 3.8) is 0 Å². The number of ether oxygens (including phenoxy) is 2. The normalized spacial score (nSPS) is 22.5. The Morgan fingerprint density at radius 1 is 1.35 bits per heavy atom. The lowest BCUT2D eigenvalue weighted by Gasteiger charge is -2.33. The molecule has 126 valence electrons. The Hall–Kier alpha value is -1.55. The molecule has 1 aromatic carbocycles. The summed E-state index contributed by atoms with van der Waals surface area (Å²) in [5, 5.41) is 8.26. The maximum Gasteiger partial charge on any atom is 0.242 e. The van der Waals surface area contributed by atoms with Crippen molar-refractivity contribution in [3.8, 4) is 0 Å². The van der Waals surface area contributed by atoms with Gasteiger partial charge in [-0.15, -0.1) is 0 Å². The zero-order chi connectivity index (χ0) is 16.5. The topological polar surface area (TPSA) is 95.3 Å². The summed E-state index contributed by atoms with van der Waals surface area (Å²) >= 11 is 0. The minimum atomic E-state index is -3.66. The van der Waals surface area contributed by atoms with Gasteiger partial charge in [-0.1, -0.05) is 6.07 Å². The van der Waals surface area contributed by atoms with Crippen LogP contribution in [-0.4, -0.2) is 55.4 Å². The fraction of sp³-hybridized carbons (Fsp3) is 0.571. The number of nitrogens with zero attached hydrogens (tertiary/aromatic N) is 3. The Bertz CT molecular complexity index is 796. The average molecular weight is 340 g/mol. The molecule has 1 saturated heterocycles. The molecule has 1 N–H and O–H groups in total. The molecule has 0 saturated carbocycles. The molecule has 0 radical (unpaired) electrons. The molecule has 9 heteroatoms. The summed E-state index contributed by atoms with van der Waals surface area (Å²) < 4.78 is 38.8. The molecule has 0 spiro atoms. The van der Waals surface area contributed by atoms with Crippen LogP contribution < -0.4 is 4.72 Å². The summed E-state index contributed by atoms with van der Waals surface area (Å²) in [4.78, 5) is 1.49. The third kappa shape index (κ3) is 3.52. The standard InChI is InChI=1S/C14H20N4O4S/c1-14(10-21-8-9-22-14)6-7-15-23(19,20)12-5-3-4-11-13(12)17-18(2)16-11/h3-5,15H,6-10H2,1-2H3. The van der Waals surface area contributed by atoms with E-state index in [1.165, 1.54) is 10.9 Å². The lowest BCUT2D eigenvalue weighted by atomic mass is 10.0. The fourth-order valence-corrected chi connectivity index (χ4v) is 3.76. The molecule has 0 amide bonds. The molecular formula is C14H20N4O4S. The summed E-state index contributed by atoms with van der Waals surface area (Å²) in [6.45, 7) is 3.76. The Balaban J connectivity index is 1.73. The largest absolute Gasteiger partial charge is 0.376 e. The Kier molecular flexibility index (Phi) is 4.37. The summed E-state index contributed by atoms with van der Waals surface area (Å²) in [6.07, 6.45) is 0.530. The number of rotatable bonds is 5. The number of sulfonamides is 1. The van der Waals surface area contributed by atoms with Crippen LogP contribution in [0.3, 0.4) is 0 Å². The van der Waals surface area contributed by atoms with Gasteiger partial charge >= 0.3 is 0 Å². The number of aromatic nitrogens is 3. The van der Waals surface area contributed by atoms with E-state index in [0.29, 0.717) is 37.3 Å². The zero-order valence-electron chi connectivity index (χ0n) is 13.2. The summed E-state index contributed by atoms with van der Waals surface area (Å²) in [6, 6.07) is 4.92. The molecule has 2 heterocycles. The molecule has 2 aromatic rings. The van der Waals surface area contributed by atoms with Crippen LogP contribution in [0.5, 0.6) is 0 Å². The van der Waals surface area contributed by atoms with Crippen LogP contribution >= 0.6 is 0 Å². The van der Waals surface area contributed by atoms with Gasteiger partial charge in [0.25, 0.3) is 0 Å². The first kappa shape index (κ1) is 16.3. The first-order chi connectivity index (χ1) is 10.9. The second-order valence-corrected chi connectivity index (χ2v) is 7.55.